The van der Waals surface area contributed by atoms with Crippen molar-refractivity contribution in [3.8, 4) is 0 Å². The number of rotatable bonds is 4. The van der Waals surface area contributed by atoms with Gasteiger partial charge in [-0.15, -0.1) is 0 Å². The standard InChI is InChI=1S/C13H16BrFN2O2/c1-13(4-2-3-5-13)8-16-11-7-10(15)9(14)6-12(11)17(18)19/h6-7,16H,2-5,8H2,1H3. The van der Waals surface area contributed by atoms with E-state index in [1.807, 2.05) is 0 Å². The van der Waals surface area contributed by atoms with Gasteiger partial charge in [0.05, 0.1) is 9.40 Å². The van der Waals surface area contributed by atoms with E-state index < -0.39 is 10.7 Å². The summed E-state index contributed by atoms with van der Waals surface area (Å²) in [4.78, 5) is 10.5. The fraction of sp³-hybridized carbons (Fsp3) is 0.538. The van der Waals surface area contributed by atoms with Crippen LogP contribution in [-0.2, 0) is 0 Å². The predicted molar refractivity (Wildman–Crippen MR) is 75.8 cm³/mol. The lowest BCUT2D eigenvalue weighted by molar-refractivity contribution is -0.384. The minimum atomic E-state index is -0.497. The van der Waals surface area contributed by atoms with Crippen molar-refractivity contribution < 1.29 is 9.31 Å². The number of hydrogen-bond donors (Lipinski definition) is 1. The molecule has 1 saturated carbocycles. The van der Waals surface area contributed by atoms with Gasteiger partial charge in [0, 0.05) is 18.7 Å². The molecule has 0 unspecified atom stereocenters. The van der Waals surface area contributed by atoms with Gasteiger partial charge >= 0.3 is 0 Å². The van der Waals surface area contributed by atoms with Crippen LogP contribution in [0, 0.1) is 21.3 Å². The lowest BCUT2D eigenvalue weighted by Crippen LogP contribution is -2.23. The number of hydrogen-bond acceptors (Lipinski definition) is 3. The van der Waals surface area contributed by atoms with Crippen molar-refractivity contribution in [1.82, 2.24) is 0 Å². The summed E-state index contributed by atoms with van der Waals surface area (Å²) in [5.74, 6) is -0.496. The molecule has 0 bridgehead atoms. The average Bonchev–Trinajstić information content (AvgIpc) is 2.77. The van der Waals surface area contributed by atoms with E-state index in [4.69, 9.17) is 0 Å². The Balaban J connectivity index is 2.19. The first-order chi connectivity index (χ1) is 8.91. The number of nitro benzene ring substituents is 1. The zero-order valence-corrected chi connectivity index (χ0v) is 12.3. The molecule has 0 heterocycles. The van der Waals surface area contributed by atoms with Crippen LogP contribution in [0.1, 0.15) is 32.6 Å². The van der Waals surface area contributed by atoms with Crippen LogP contribution in [0.15, 0.2) is 16.6 Å². The Morgan fingerprint density at radius 3 is 2.68 bits per heavy atom. The molecule has 0 atom stereocenters. The molecular formula is C13H16BrFN2O2. The van der Waals surface area contributed by atoms with Gasteiger partial charge in [-0.2, -0.15) is 0 Å². The third-order valence-corrected chi connectivity index (χ3v) is 4.36. The molecule has 1 aliphatic rings. The molecule has 104 valence electrons. The van der Waals surface area contributed by atoms with Crippen molar-refractivity contribution in [2.75, 3.05) is 11.9 Å². The van der Waals surface area contributed by atoms with Gasteiger partial charge in [0.25, 0.3) is 5.69 Å². The van der Waals surface area contributed by atoms with E-state index in [1.54, 1.807) is 0 Å². The van der Waals surface area contributed by atoms with Crippen molar-refractivity contribution in [1.29, 1.82) is 0 Å². The Morgan fingerprint density at radius 2 is 2.11 bits per heavy atom. The van der Waals surface area contributed by atoms with Gasteiger partial charge < -0.3 is 5.32 Å². The number of anilines is 1. The number of halogens is 2. The Kier molecular flexibility index (Phi) is 4.08. The normalized spacial score (nSPS) is 17.4. The molecule has 0 spiro atoms. The van der Waals surface area contributed by atoms with Crippen LogP contribution in [0.25, 0.3) is 0 Å². The Labute approximate surface area is 119 Å². The van der Waals surface area contributed by atoms with E-state index in [-0.39, 0.29) is 21.3 Å². The van der Waals surface area contributed by atoms with E-state index >= 15 is 0 Å². The van der Waals surface area contributed by atoms with Gasteiger partial charge in [0.1, 0.15) is 11.5 Å². The summed E-state index contributed by atoms with van der Waals surface area (Å²) in [6.45, 7) is 2.79. The Bertz CT molecular complexity index is 502. The maximum atomic E-state index is 13.5. The van der Waals surface area contributed by atoms with E-state index in [9.17, 15) is 14.5 Å². The van der Waals surface area contributed by atoms with Gasteiger partial charge in [-0.25, -0.2) is 4.39 Å². The predicted octanol–water partition coefficient (Wildman–Crippen LogP) is 4.49. The molecule has 4 nitrogen and oxygen atoms in total. The average molecular weight is 331 g/mol. The van der Waals surface area contributed by atoms with Gasteiger partial charge in [-0.1, -0.05) is 19.8 Å². The third-order valence-electron chi connectivity index (χ3n) is 3.75. The number of nitrogens with one attached hydrogen (secondary N) is 1. The SMILES string of the molecule is CC1(CNc2cc(F)c(Br)cc2[N+](=O)[O-])CCCC1. The smallest absolute Gasteiger partial charge is 0.293 e. The number of nitro groups is 1. The highest BCUT2D eigenvalue weighted by Gasteiger charge is 2.29. The second-order valence-electron chi connectivity index (χ2n) is 5.41. The van der Waals surface area contributed by atoms with Crippen molar-refractivity contribution in [2.45, 2.75) is 32.6 Å². The van der Waals surface area contributed by atoms with Crippen LogP contribution < -0.4 is 5.32 Å². The monoisotopic (exact) mass is 330 g/mol. The molecule has 0 aliphatic heterocycles. The molecule has 1 aromatic carbocycles. The molecule has 19 heavy (non-hydrogen) atoms. The maximum absolute atomic E-state index is 13.5. The van der Waals surface area contributed by atoms with Crippen molar-refractivity contribution >= 4 is 27.3 Å². The highest BCUT2D eigenvalue weighted by molar-refractivity contribution is 9.10. The first-order valence-electron chi connectivity index (χ1n) is 6.29. The maximum Gasteiger partial charge on any atom is 0.293 e. The van der Waals surface area contributed by atoms with Crippen molar-refractivity contribution in [3.63, 3.8) is 0 Å². The minimum absolute atomic E-state index is 0.102. The van der Waals surface area contributed by atoms with Crippen LogP contribution in [0.3, 0.4) is 0 Å². The second-order valence-corrected chi connectivity index (χ2v) is 6.27. The van der Waals surface area contributed by atoms with Crippen LogP contribution in [0.4, 0.5) is 15.8 Å². The summed E-state index contributed by atoms with van der Waals surface area (Å²) in [5.41, 5.74) is 0.297. The van der Waals surface area contributed by atoms with Gasteiger partial charge in [-0.05, 0) is 34.2 Å². The summed E-state index contributed by atoms with van der Waals surface area (Å²) >= 11 is 2.97. The molecule has 0 amide bonds. The van der Waals surface area contributed by atoms with E-state index in [1.165, 1.54) is 25.0 Å². The van der Waals surface area contributed by atoms with Crippen molar-refractivity contribution in [3.05, 3.63) is 32.5 Å². The fourth-order valence-corrected chi connectivity index (χ4v) is 2.87. The Morgan fingerprint density at radius 1 is 1.47 bits per heavy atom. The molecule has 1 aliphatic carbocycles. The summed E-state index contributed by atoms with van der Waals surface area (Å²) in [6, 6.07) is 2.38. The quantitative estimate of drug-likeness (QED) is 0.653. The first-order valence-corrected chi connectivity index (χ1v) is 7.08. The summed E-state index contributed by atoms with van der Waals surface area (Å²) in [7, 11) is 0. The molecule has 1 fully saturated rings. The zero-order valence-electron chi connectivity index (χ0n) is 10.7. The van der Waals surface area contributed by atoms with E-state index in [0.717, 1.165) is 12.8 Å². The van der Waals surface area contributed by atoms with Crippen LogP contribution in [0.5, 0.6) is 0 Å². The lowest BCUT2D eigenvalue weighted by atomic mass is 9.89. The van der Waals surface area contributed by atoms with Gasteiger partial charge in [0.15, 0.2) is 0 Å². The highest BCUT2D eigenvalue weighted by Crippen LogP contribution is 2.38. The van der Waals surface area contributed by atoms with Crippen LogP contribution in [-0.4, -0.2) is 11.5 Å². The second kappa shape index (κ2) is 5.45. The van der Waals surface area contributed by atoms with Gasteiger partial charge in [-0.3, -0.25) is 10.1 Å². The minimum Gasteiger partial charge on any atom is -0.379 e. The van der Waals surface area contributed by atoms with E-state index in [0.29, 0.717) is 6.54 Å². The number of nitrogens with zero attached hydrogens (tertiary/aromatic N) is 1. The molecule has 0 radical (unpaired) electrons. The van der Waals surface area contributed by atoms with Gasteiger partial charge in [0.2, 0.25) is 0 Å². The third kappa shape index (κ3) is 3.23. The zero-order chi connectivity index (χ0) is 14.0. The molecule has 0 aromatic heterocycles. The fourth-order valence-electron chi connectivity index (χ4n) is 2.54. The number of benzene rings is 1. The molecule has 0 saturated heterocycles. The largest absolute Gasteiger partial charge is 0.379 e. The lowest BCUT2D eigenvalue weighted by Gasteiger charge is -2.24. The summed E-state index contributed by atoms with van der Waals surface area (Å²) in [5, 5.41) is 14.0. The Hall–Kier alpha value is -1.17. The van der Waals surface area contributed by atoms with Crippen LogP contribution >= 0.6 is 15.9 Å². The summed E-state index contributed by atoms with van der Waals surface area (Å²) in [6.07, 6.45) is 4.59. The molecule has 1 aromatic rings. The molecule has 1 N–H and O–H groups in total. The highest BCUT2D eigenvalue weighted by atomic mass is 79.9. The summed E-state index contributed by atoms with van der Waals surface area (Å²) < 4.78 is 13.6. The molecule has 6 heteroatoms. The van der Waals surface area contributed by atoms with Crippen LogP contribution in [0.2, 0.25) is 0 Å². The van der Waals surface area contributed by atoms with Crippen molar-refractivity contribution in [2.24, 2.45) is 5.41 Å². The molecule has 2 rings (SSSR count). The topological polar surface area (TPSA) is 55.2 Å². The molecular weight excluding hydrogens is 315 g/mol. The van der Waals surface area contributed by atoms with E-state index in [2.05, 4.69) is 28.2 Å². The first kappa shape index (κ1) is 14.2.